The third-order valence-corrected chi connectivity index (χ3v) is 8.11. The highest BCUT2D eigenvalue weighted by Gasteiger charge is 2.28. The summed E-state index contributed by atoms with van der Waals surface area (Å²) < 4.78 is 27.7. The Morgan fingerprint density at radius 3 is 2.65 bits per heavy atom. The lowest BCUT2D eigenvalue weighted by atomic mass is 10.0. The second-order valence-corrected chi connectivity index (χ2v) is 10.7. The zero-order valence-electron chi connectivity index (χ0n) is 17.7. The Morgan fingerprint density at radius 2 is 1.90 bits per heavy atom. The van der Waals surface area contributed by atoms with Crippen LogP contribution in [0.5, 0.6) is 0 Å². The number of hydrazone groups is 1. The SMILES string of the molecule is Cc1ccc(C=NNc2nc(-c3cccc(S(=O)(=O)N4CCC(C)CC4)c3)cs2)cc1. The summed E-state index contributed by atoms with van der Waals surface area (Å²) >= 11 is 1.43. The van der Waals surface area contributed by atoms with E-state index in [9.17, 15) is 8.42 Å². The first-order chi connectivity index (χ1) is 14.9. The van der Waals surface area contributed by atoms with Gasteiger partial charge in [-0.15, -0.1) is 11.3 Å². The van der Waals surface area contributed by atoms with Crippen molar-refractivity contribution in [1.82, 2.24) is 9.29 Å². The van der Waals surface area contributed by atoms with Gasteiger partial charge in [-0.1, -0.05) is 48.9 Å². The molecule has 4 rings (SSSR count). The smallest absolute Gasteiger partial charge is 0.243 e. The maximum absolute atomic E-state index is 13.1. The number of anilines is 1. The molecule has 0 saturated carbocycles. The number of hydrogen-bond donors (Lipinski definition) is 1. The molecule has 8 heteroatoms. The fraction of sp³-hybridized carbons (Fsp3) is 0.304. The Hall–Kier alpha value is -2.55. The molecule has 0 amide bonds. The summed E-state index contributed by atoms with van der Waals surface area (Å²) in [7, 11) is -3.49. The number of hydrogen-bond acceptors (Lipinski definition) is 6. The average Bonchev–Trinajstić information content (AvgIpc) is 3.25. The zero-order chi connectivity index (χ0) is 21.8. The maximum Gasteiger partial charge on any atom is 0.243 e. The number of nitrogens with one attached hydrogen (secondary N) is 1. The average molecular weight is 455 g/mol. The van der Waals surface area contributed by atoms with Gasteiger partial charge in [0.25, 0.3) is 0 Å². The van der Waals surface area contributed by atoms with Crippen molar-refractivity contribution in [2.24, 2.45) is 11.0 Å². The van der Waals surface area contributed by atoms with Gasteiger partial charge in [0.1, 0.15) is 0 Å². The van der Waals surface area contributed by atoms with Gasteiger partial charge >= 0.3 is 0 Å². The minimum Gasteiger partial charge on any atom is -0.253 e. The Bertz CT molecular complexity index is 1160. The number of thiazole rings is 1. The van der Waals surface area contributed by atoms with Gasteiger partial charge in [-0.2, -0.15) is 9.41 Å². The lowest BCUT2D eigenvalue weighted by Gasteiger charge is -2.29. The molecule has 3 aromatic rings. The lowest BCUT2D eigenvalue weighted by Crippen LogP contribution is -2.37. The summed E-state index contributed by atoms with van der Waals surface area (Å²) in [5.74, 6) is 0.576. The van der Waals surface area contributed by atoms with Crippen molar-refractivity contribution >= 4 is 32.7 Å². The molecule has 162 valence electrons. The standard InChI is InChI=1S/C23H26N4O2S2/c1-17-6-8-19(9-7-17)15-24-26-23-25-22(16-30-23)20-4-3-5-21(14-20)31(28,29)27-12-10-18(2)11-13-27/h3-9,14-16,18H,10-13H2,1-2H3,(H,25,26). The normalized spacial score (nSPS) is 16.1. The second-order valence-electron chi connectivity index (χ2n) is 7.93. The Morgan fingerprint density at radius 1 is 1.16 bits per heavy atom. The molecule has 1 fully saturated rings. The van der Waals surface area contributed by atoms with Gasteiger partial charge in [-0.25, -0.2) is 13.4 Å². The first-order valence-corrected chi connectivity index (χ1v) is 12.7. The van der Waals surface area contributed by atoms with E-state index in [1.54, 1.807) is 28.7 Å². The van der Waals surface area contributed by atoms with Crippen LogP contribution in [0.4, 0.5) is 5.13 Å². The Balaban J connectivity index is 1.47. The third kappa shape index (κ3) is 5.20. The van der Waals surface area contributed by atoms with E-state index in [-0.39, 0.29) is 0 Å². The zero-order valence-corrected chi connectivity index (χ0v) is 19.3. The molecule has 1 aromatic heterocycles. The van der Waals surface area contributed by atoms with Crippen molar-refractivity contribution < 1.29 is 8.42 Å². The van der Waals surface area contributed by atoms with E-state index in [1.165, 1.54) is 16.9 Å². The molecule has 0 atom stereocenters. The van der Waals surface area contributed by atoms with Gasteiger partial charge in [0.15, 0.2) is 0 Å². The summed E-state index contributed by atoms with van der Waals surface area (Å²) in [6.07, 6.45) is 3.56. The molecule has 0 unspecified atom stereocenters. The van der Waals surface area contributed by atoms with E-state index in [1.807, 2.05) is 42.6 Å². The quantitative estimate of drug-likeness (QED) is 0.421. The van der Waals surface area contributed by atoms with Gasteiger partial charge in [0.2, 0.25) is 15.2 Å². The van der Waals surface area contributed by atoms with E-state index >= 15 is 0 Å². The summed E-state index contributed by atoms with van der Waals surface area (Å²) in [6.45, 7) is 5.38. The number of nitrogens with zero attached hydrogens (tertiary/aromatic N) is 3. The van der Waals surface area contributed by atoms with Crippen LogP contribution in [0.2, 0.25) is 0 Å². The molecule has 31 heavy (non-hydrogen) atoms. The summed E-state index contributed by atoms with van der Waals surface area (Å²) in [6, 6.07) is 15.1. The molecule has 1 N–H and O–H groups in total. The van der Waals surface area contributed by atoms with Crippen molar-refractivity contribution in [3.63, 3.8) is 0 Å². The van der Waals surface area contributed by atoms with Crippen LogP contribution in [0.1, 0.15) is 30.9 Å². The maximum atomic E-state index is 13.1. The molecule has 0 radical (unpaired) electrons. The van der Waals surface area contributed by atoms with Gasteiger partial charge in [-0.05, 0) is 43.4 Å². The predicted octanol–water partition coefficient (Wildman–Crippen LogP) is 4.99. The van der Waals surface area contributed by atoms with Crippen molar-refractivity contribution in [1.29, 1.82) is 0 Å². The van der Waals surface area contributed by atoms with Gasteiger partial charge in [0.05, 0.1) is 16.8 Å². The van der Waals surface area contributed by atoms with Crippen molar-refractivity contribution in [3.05, 3.63) is 65.0 Å². The highest BCUT2D eigenvalue weighted by Crippen LogP contribution is 2.29. The molecule has 2 aromatic carbocycles. The van der Waals surface area contributed by atoms with Gasteiger partial charge in [-0.3, -0.25) is 5.43 Å². The first-order valence-electron chi connectivity index (χ1n) is 10.3. The number of rotatable bonds is 6. The molecule has 1 saturated heterocycles. The molecule has 6 nitrogen and oxygen atoms in total. The van der Waals surface area contributed by atoms with Crippen LogP contribution >= 0.6 is 11.3 Å². The summed E-state index contributed by atoms with van der Waals surface area (Å²) in [5, 5.41) is 6.79. The fourth-order valence-corrected chi connectivity index (χ4v) is 5.65. The second kappa shape index (κ2) is 9.30. The monoisotopic (exact) mass is 454 g/mol. The minimum atomic E-state index is -3.49. The van der Waals surface area contributed by atoms with Crippen LogP contribution in [-0.4, -0.2) is 37.0 Å². The van der Waals surface area contributed by atoms with Crippen molar-refractivity contribution in [2.75, 3.05) is 18.5 Å². The van der Waals surface area contributed by atoms with E-state index in [0.717, 1.165) is 29.7 Å². The van der Waals surface area contributed by atoms with E-state index < -0.39 is 10.0 Å². The topological polar surface area (TPSA) is 74.7 Å². The van der Waals surface area contributed by atoms with Crippen molar-refractivity contribution in [3.8, 4) is 11.3 Å². The van der Waals surface area contributed by atoms with Crippen LogP contribution in [0.3, 0.4) is 0 Å². The fourth-order valence-electron chi connectivity index (χ4n) is 3.46. The molecule has 2 heterocycles. The molecular weight excluding hydrogens is 428 g/mol. The number of aryl methyl sites for hydroxylation is 1. The van der Waals surface area contributed by atoms with E-state index in [2.05, 4.69) is 22.4 Å². The van der Waals surface area contributed by atoms with Gasteiger partial charge < -0.3 is 0 Å². The molecule has 0 bridgehead atoms. The van der Waals surface area contributed by atoms with Gasteiger partial charge in [0, 0.05) is 24.0 Å². The van der Waals surface area contributed by atoms with E-state index in [0.29, 0.717) is 29.0 Å². The highest BCUT2D eigenvalue weighted by molar-refractivity contribution is 7.89. The highest BCUT2D eigenvalue weighted by atomic mass is 32.2. The van der Waals surface area contributed by atoms with Crippen molar-refractivity contribution in [2.45, 2.75) is 31.6 Å². The van der Waals surface area contributed by atoms with Crippen LogP contribution in [0, 0.1) is 12.8 Å². The van der Waals surface area contributed by atoms with Crippen LogP contribution < -0.4 is 5.43 Å². The molecule has 0 spiro atoms. The number of sulfonamides is 1. The number of piperidine rings is 1. The summed E-state index contributed by atoms with van der Waals surface area (Å²) in [5.41, 5.74) is 6.65. The Labute approximate surface area is 187 Å². The number of benzene rings is 2. The lowest BCUT2D eigenvalue weighted by molar-refractivity contribution is 0.288. The minimum absolute atomic E-state index is 0.319. The van der Waals surface area contributed by atoms with Crippen LogP contribution in [0.15, 0.2) is 63.9 Å². The van der Waals surface area contributed by atoms with Crippen LogP contribution in [0.25, 0.3) is 11.3 Å². The Kier molecular flexibility index (Phi) is 6.50. The largest absolute Gasteiger partial charge is 0.253 e. The summed E-state index contributed by atoms with van der Waals surface area (Å²) in [4.78, 5) is 4.88. The third-order valence-electron chi connectivity index (χ3n) is 5.47. The first kappa shape index (κ1) is 21.7. The number of aromatic nitrogens is 1. The molecule has 0 aliphatic carbocycles. The molecular formula is C23H26N4O2S2. The molecule has 1 aliphatic rings. The van der Waals surface area contributed by atoms with E-state index in [4.69, 9.17) is 0 Å². The van der Waals surface area contributed by atoms with Crippen LogP contribution in [-0.2, 0) is 10.0 Å². The molecule has 1 aliphatic heterocycles. The predicted molar refractivity (Wildman–Crippen MR) is 127 cm³/mol.